The predicted octanol–water partition coefficient (Wildman–Crippen LogP) is -0.0369. The average Bonchev–Trinajstić information content (AvgIpc) is 3.49. The highest BCUT2D eigenvalue weighted by molar-refractivity contribution is 6.16. The molecule has 234 valence electrons. The molecule has 5 aliphatic rings. The van der Waals surface area contributed by atoms with E-state index >= 15 is 0 Å². The second-order valence-electron chi connectivity index (χ2n) is 10.2. The van der Waals surface area contributed by atoms with Gasteiger partial charge >= 0.3 is 35.8 Å². The van der Waals surface area contributed by atoms with E-state index in [-0.39, 0.29) is 67.8 Å². The van der Waals surface area contributed by atoms with Gasteiger partial charge in [0.05, 0.1) is 5.57 Å². The minimum atomic E-state index is -1.64. The van der Waals surface area contributed by atoms with Crippen molar-refractivity contribution in [1.82, 2.24) is 0 Å². The third kappa shape index (κ3) is 6.64. The number of esters is 6. The summed E-state index contributed by atoms with van der Waals surface area (Å²) >= 11 is 0. The number of rotatable bonds is 7. The monoisotopic (exact) mass is 620 g/mol. The topological polar surface area (TPSA) is 204 Å². The highest BCUT2D eigenvalue weighted by atomic mass is 16.8. The maximum atomic E-state index is 12.6. The highest BCUT2D eigenvalue weighted by Gasteiger charge is 2.56. The number of hydrogen-bond donors (Lipinski definition) is 0. The van der Waals surface area contributed by atoms with Crippen LogP contribution in [0.4, 0.5) is 0 Å². The molecule has 0 aromatic heterocycles. The van der Waals surface area contributed by atoms with Gasteiger partial charge < -0.3 is 38.6 Å². The van der Waals surface area contributed by atoms with Gasteiger partial charge in [0.2, 0.25) is 0 Å². The lowest BCUT2D eigenvalue weighted by Crippen LogP contribution is -2.56. The molecule has 5 rings (SSSR count). The third-order valence-corrected chi connectivity index (χ3v) is 7.23. The van der Waals surface area contributed by atoms with Gasteiger partial charge in [0.25, 0.3) is 11.6 Å². The van der Waals surface area contributed by atoms with Crippen molar-refractivity contribution in [1.29, 1.82) is 0 Å². The summed E-state index contributed by atoms with van der Waals surface area (Å²) in [6.45, 7) is -0.586. The van der Waals surface area contributed by atoms with E-state index in [4.69, 9.17) is 18.9 Å². The third-order valence-electron chi connectivity index (χ3n) is 7.23. The van der Waals surface area contributed by atoms with E-state index in [2.05, 4.69) is 9.47 Å². The van der Waals surface area contributed by atoms with E-state index in [9.17, 15) is 39.0 Å². The Labute approximate surface area is 254 Å². The standard InChI is InChI=1S/C31H26O14/c32-22-16-40-24(34)18(22)8-4-1-2-5-10-20-26(36)42-30(43-27(20)37)12-14-31(15-13-30)44-28(38)21(29(39)45-31)11-7-3-6-9-19-23(33)17-41-25(19)35/h1-7,9-11,32-33H,8,12-17H2/p-2/b4-1+,5-2+,7-3+,9-6+,20-10?,21-11?. The fourth-order valence-electron chi connectivity index (χ4n) is 4.82. The molecule has 0 unspecified atom stereocenters. The molecule has 3 fully saturated rings. The largest absolute Gasteiger partial charge is 0.873 e. The van der Waals surface area contributed by atoms with Crippen molar-refractivity contribution in [2.45, 2.75) is 43.7 Å². The van der Waals surface area contributed by atoms with Crippen LogP contribution < -0.4 is 10.2 Å². The zero-order valence-corrected chi connectivity index (χ0v) is 23.4. The Hall–Kier alpha value is -5.66. The molecule has 0 bridgehead atoms. The summed E-state index contributed by atoms with van der Waals surface area (Å²) in [7, 11) is 0. The first-order valence-corrected chi connectivity index (χ1v) is 13.7. The molecule has 0 atom stereocenters. The van der Waals surface area contributed by atoms with Crippen molar-refractivity contribution in [2.24, 2.45) is 0 Å². The zero-order valence-electron chi connectivity index (χ0n) is 23.4. The van der Waals surface area contributed by atoms with Gasteiger partial charge in [0.15, 0.2) is 0 Å². The molecule has 1 aliphatic carbocycles. The van der Waals surface area contributed by atoms with Gasteiger partial charge in [-0.3, -0.25) is 0 Å². The molecule has 4 heterocycles. The number of carbonyl (C=O) groups is 6. The molecule has 1 saturated carbocycles. The molecule has 0 aromatic carbocycles. The van der Waals surface area contributed by atoms with Crippen molar-refractivity contribution in [3.05, 3.63) is 94.6 Å². The van der Waals surface area contributed by atoms with E-state index in [1.807, 2.05) is 0 Å². The van der Waals surface area contributed by atoms with E-state index in [0.29, 0.717) is 0 Å². The summed E-state index contributed by atoms with van der Waals surface area (Å²) < 4.78 is 31.0. The lowest BCUT2D eigenvalue weighted by atomic mass is 9.87. The van der Waals surface area contributed by atoms with E-state index in [1.54, 1.807) is 6.08 Å². The van der Waals surface area contributed by atoms with Crippen LogP contribution in [0.1, 0.15) is 32.1 Å². The number of allylic oxidation sites excluding steroid dienone is 9. The normalized spacial score (nSPS) is 27.3. The second-order valence-corrected chi connectivity index (χ2v) is 10.2. The molecule has 14 heteroatoms. The fraction of sp³-hybridized carbons (Fsp3) is 0.290. The summed E-state index contributed by atoms with van der Waals surface area (Å²) in [6, 6.07) is 0. The predicted molar refractivity (Wildman–Crippen MR) is 142 cm³/mol. The van der Waals surface area contributed by atoms with Gasteiger partial charge in [-0.25, -0.2) is 28.8 Å². The first-order valence-electron chi connectivity index (χ1n) is 13.7. The van der Waals surface area contributed by atoms with Crippen LogP contribution in [-0.2, 0) is 57.2 Å². The Bertz CT molecular complexity index is 1560. The van der Waals surface area contributed by atoms with Crippen LogP contribution in [0, 0.1) is 0 Å². The number of cyclic esters (lactones) is 2. The maximum Gasteiger partial charge on any atom is 0.348 e. The SMILES string of the molecule is O=C1OC2(CCC3(CC2)OC(=O)C(=C/C=C/C=C/C2=C([O-])COC2=O)C(=O)O3)OC(=O)C1=C/C=C/C=C/CC1=C([O-])COC1=O. The molecule has 0 amide bonds. The van der Waals surface area contributed by atoms with Gasteiger partial charge in [0, 0.05) is 31.3 Å². The summed E-state index contributed by atoms with van der Waals surface area (Å²) in [5.41, 5.74) is -0.834. The average molecular weight is 621 g/mol. The molecule has 14 nitrogen and oxygen atoms in total. The molecule has 0 radical (unpaired) electrons. The molecule has 0 aromatic rings. The number of hydrogen-bond acceptors (Lipinski definition) is 14. The Kier molecular flexibility index (Phi) is 8.57. The minimum absolute atomic E-state index is 0.0401. The molecular weight excluding hydrogens is 596 g/mol. The van der Waals surface area contributed by atoms with Gasteiger partial charge in [-0.1, -0.05) is 54.1 Å². The fourth-order valence-corrected chi connectivity index (χ4v) is 4.82. The molecule has 0 N–H and O–H groups in total. The van der Waals surface area contributed by atoms with Crippen LogP contribution in [0.3, 0.4) is 0 Å². The Morgan fingerprint density at radius 1 is 0.556 bits per heavy atom. The maximum absolute atomic E-state index is 12.6. The summed E-state index contributed by atoms with van der Waals surface area (Å²) in [5, 5.41) is 23.0. The molecule has 2 spiro atoms. The summed E-state index contributed by atoms with van der Waals surface area (Å²) in [5.74, 6) is -9.25. The van der Waals surface area contributed by atoms with Crippen molar-refractivity contribution in [3.63, 3.8) is 0 Å². The van der Waals surface area contributed by atoms with Gasteiger partial charge in [0.1, 0.15) is 24.4 Å². The van der Waals surface area contributed by atoms with Crippen LogP contribution in [0.25, 0.3) is 0 Å². The van der Waals surface area contributed by atoms with Crippen LogP contribution in [-0.4, -0.2) is 60.6 Å². The second kappa shape index (κ2) is 12.5. The first-order chi connectivity index (χ1) is 21.5. The van der Waals surface area contributed by atoms with Crippen molar-refractivity contribution >= 4 is 35.8 Å². The van der Waals surface area contributed by atoms with Gasteiger partial charge in [-0.15, -0.1) is 0 Å². The lowest BCUT2D eigenvalue weighted by Gasteiger charge is -2.45. The van der Waals surface area contributed by atoms with Crippen molar-refractivity contribution in [2.75, 3.05) is 13.2 Å². The summed E-state index contributed by atoms with van der Waals surface area (Å²) in [4.78, 5) is 73.4. The van der Waals surface area contributed by atoms with Gasteiger partial charge in [-0.05, 0) is 24.6 Å². The van der Waals surface area contributed by atoms with E-state index in [1.165, 1.54) is 48.6 Å². The quantitative estimate of drug-likeness (QED) is 0.121. The van der Waals surface area contributed by atoms with Crippen LogP contribution in [0.15, 0.2) is 94.6 Å². The number of carbonyl (C=O) groups excluding carboxylic acids is 6. The summed E-state index contributed by atoms with van der Waals surface area (Å²) in [6.07, 6.45) is 13.2. The highest BCUT2D eigenvalue weighted by Crippen LogP contribution is 2.45. The smallest absolute Gasteiger partial charge is 0.348 e. The van der Waals surface area contributed by atoms with Crippen molar-refractivity contribution in [3.8, 4) is 0 Å². The van der Waals surface area contributed by atoms with Crippen LogP contribution in [0.2, 0.25) is 0 Å². The van der Waals surface area contributed by atoms with Crippen LogP contribution in [0.5, 0.6) is 0 Å². The Balaban J connectivity index is 1.13. The van der Waals surface area contributed by atoms with E-state index < -0.39 is 58.7 Å². The van der Waals surface area contributed by atoms with Crippen molar-refractivity contribution < 1.29 is 67.4 Å². The van der Waals surface area contributed by atoms with Crippen LogP contribution >= 0.6 is 0 Å². The Morgan fingerprint density at radius 3 is 1.47 bits per heavy atom. The molecule has 2 saturated heterocycles. The lowest BCUT2D eigenvalue weighted by molar-refractivity contribution is -0.308. The minimum Gasteiger partial charge on any atom is -0.873 e. The molecule has 4 aliphatic heterocycles. The molecular formula is C31H24O14-2. The Morgan fingerprint density at radius 2 is 1.02 bits per heavy atom. The van der Waals surface area contributed by atoms with E-state index in [0.717, 1.165) is 6.08 Å². The number of ether oxygens (including phenoxy) is 6. The first kappa shape index (κ1) is 30.8. The molecule has 45 heavy (non-hydrogen) atoms. The van der Waals surface area contributed by atoms with Gasteiger partial charge in [-0.2, -0.15) is 0 Å². The zero-order chi connectivity index (χ0) is 32.2.